The number of hydrogen-bond donors (Lipinski definition) is 1. The molecule has 1 N–H and O–H groups in total. The molecule has 1 heteroatoms. The van der Waals surface area contributed by atoms with Crippen molar-refractivity contribution in [2.24, 2.45) is 10.8 Å². The van der Waals surface area contributed by atoms with Gasteiger partial charge in [-0.05, 0) is 29.2 Å². The molecular weight excluding hydrogens is 230 g/mol. The molecule has 1 unspecified atom stereocenters. The Bertz CT molecular complexity index is 359. The largest absolute Gasteiger partial charge is 0.309 e. The normalized spacial score (nSPS) is 14.4. The Labute approximate surface area is 119 Å². The SMILES string of the molecule is CCC(C)(C)CNC(CC(C)(C)C)c1ccccc1. The van der Waals surface area contributed by atoms with Crippen LogP contribution in [0.25, 0.3) is 0 Å². The van der Waals surface area contributed by atoms with E-state index in [1.54, 1.807) is 0 Å². The number of benzene rings is 1. The van der Waals surface area contributed by atoms with E-state index in [1.165, 1.54) is 12.0 Å². The molecule has 0 aliphatic rings. The molecule has 0 heterocycles. The second kappa shape index (κ2) is 6.56. The average molecular weight is 261 g/mol. The van der Waals surface area contributed by atoms with E-state index in [9.17, 15) is 0 Å². The fourth-order valence-electron chi connectivity index (χ4n) is 2.13. The lowest BCUT2D eigenvalue weighted by atomic mass is 9.84. The smallest absolute Gasteiger partial charge is 0.0325 e. The third-order valence-electron chi connectivity index (χ3n) is 3.80. The molecule has 19 heavy (non-hydrogen) atoms. The van der Waals surface area contributed by atoms with Crippen LogP contribution in [0.3, 0.4) is 0 Å². The summed E-state index contributed by atoms with van der Waals surface area (Å²) in [6, 6.07) is 11.3. The summed E-state index contributed by atoms with van der Waals surface area (Å²) in [5, 5.41) is 3.78. The average Bonchev–Trinajstić information content (AvgIpc) is 2.34. The third-order valence-corrected chi connectivity index (χ3v) is 3.80. The second-order valence-corrected chi connectivity index (χ2v) is 7.63. The van der Waals surface area contributed by atoms with Crippen molar-refractivity contribution in [3.8, 4) is 0 Å². The molecule has 0 radical (unpaired) electrons. The highest BCUT2D eigenvalue weighted by Gasteiger charge is 2.22. The first-order valence-electron chi connectivity index (χ1n) is 7.52. The summed E-state index contributed by atoms with van der Waals surface area (Å²) in [6.07, 6.45) is 2.37. The minimum absolute atomic E-state index is 0.337. The molecule has 0 amide bonds. The van der Waals surface area contributed by atoms with Crippen molar-refractivity contribution in [2.75, 3.05) is 6.54 Å². The Hall–Kier alpha value is -0.820. The van der Waals surface area contributed by atoms with Gasteiger partial charge in [-0.15, -0.1) is 0 Å². The third kappa shape index (κ3) is 6.24. The van der Waals surface area contributed by atoms with Crippen molar-refractivity contribution >= 4 is 0 Å². The van der Waals surface area contributed by atoms with E-state index < -0.39 is 0 Å². The van der Waals surface area contributed by atoms with Gasteiger partial charge in [0.15, 0.2) is 0 Å². The molecule has 0 aliphatic heterocycles. The fraction of sp³-hybridized carbons (Fsp3) is 0.667. The molecule has 0 aliphatic carbocycles. The van der Waals surface area contributed by atoms with Gasteiger partial charge in [0.05, 0.1) is 0 Å². The molecular formula is C18H31N. The van der Waals surface area contributed by atoms with Gasteiger partial charge in [0.25, 0.3) is 0 Å². The summed E-state index contributed by atoms with van der Waals surface area (Å²) in [4.78, 5) is 0. The maximum Gasteiger partial charge on any atom is 0.0325 e. The van der Waals surface area contributed by atoms with Crippen molar-refractivity contribution in [1.29, 1.82) is 0 Å². The Morgan fingerprint density at radius 2 is 1.58 bits per heavy atom. The molecule has 1 aromatic carbocycles. The van der Waals surface area contributed by atoms with Crippen molar-refractivity contribution < 1.29 is 0 Å². The Morgan fingerprint density at radius 3 is 2.05 bits per heavy atom. The Balaban J connectivity index is 2.77. The standard InChI is InChI=1S/C18H31N/c1-7-18(5,6)14-19-16(13-17(2,3)4)15-11-9-8-10-12-15/h8-12,16,19H,7,13-14H2,1-6H3. The van der Waals surface area contributed by atoms with Crippen molar-refractivity contribution in [3.05, 3.63) is 35.9 Å². The molecule has 0 fully saturated rings. The van der Waals surface area contributed by atoms with Crippen LogP contribution in [0, 0.1) is 10.8 Å². The molecule has 0 saturated carbocycles. The van der Waals surface area contributed by atoms with Gasteiger partial charge in [-0.1, -0.05) is 71.9 Å². The van der Waals surface area contributed by atoms with Crippen LogP contribution in [0.2, 0.25) is 0 Å². The minimum atomic E-state index is 0.337. The summed E-state index contributed by atoms with van der Waals surface area (Å²) in [5.74, 6) is 0. The van der Waals surface area contributed by atoms with Gasteiger partial charge >= 0.3 is 0 Å². The highest BCUT2D eigenvalue weighted by Crippen LogP contribution is 2.30. The molecule has 0 saturated heterocycles. The first-order chi connectivity index (χ1) is 8.73. The zero-order valence-electron chi connectivity index (χ0n) is 13.6. The molecule has 1 aromatic rings. The van der Waals surface area contributed by atoms with E-state index in [0.29, 0.717) is 16.9 Å². The van der Waals surface area contributed by atoms with Crippen LogP contribution in [-0.2, 0) is 0 Å². The van der Waals surface area contributed by atoms with Gasteiger partial charge in [0, 0.05) is 12.6 Å². The second-order valence-electron chi connectivity index (χ2n) is 7.63. The van der Waals surface area contributed by atoms with Gasteiger partial charge in [-0.25, -0.2) is 0 Å². The highest BCUT2D eigenvalue weighted by molar-refractivity contribution is 5.19. The van der Waals surface area contributed by atoms with E-state index in [1.807, 2.05) is 0 Å². The fourth-order valence-corrected chi connectivity index (χ4v) is 2.13. The van der Waals surface area contributed by atoms with Crippen LogP contribution in [0.15, 0.2) is 30.3 Å². The van der Waals surface area contributed by atoms with Gasteiger partial charge in [-0.2, -0.15) is 0 Å². The first-order valence-corrected chi connectivity index (χ1v) is 7.52. The zero-order valence-corrected chi connectivity index (χ0v) is 13.6. The lowest BCUT2D eigenvalue weighted by Gasteiger charge is -2.31. The van der Waals surface area contributed by atoms with E-state index in [0.717, 1.165) is 13.0 Å². The molecule has 0 spiro atoms. The number of nitrogens with one attached hydrogen (secondary N) is 1. The van der Waals surface area contributed by atoms with Gasteiger partial charge in [0.1, 0.15) is 0 Å². The first kappa shape index (κ1) is 16.2. The van der Waals surface area contributed by atoms with Crippen LogP contribution in [0.1, 0.15) is 66.0 Å². The van der Waals surface area contributed by atoms with E-state index in [2.05, 4.69) is 77.2 Å². The predicted octanol–water partition coefficient (Wildman–Crippen LogP) is 5.19. The van der Waals surface area contributed by atoms with Crippen molar-refractivity contribution in [2.45, 2.75) is 60.4 Å². The molecule has 108 valence electrons. The van der Waals surface area contributed by atoms with Gasteiger partial charge in [-0.3, -0.25) is 0 Å². The van der Waals surface area contributed by atoms with Crippen LogP contribution in [0.5, 0.6) is 0 Å². The van der Waals surface area contributed by atoms with Gasteiger partial charge in [0.2, 0.25) is 0 Å². The summed E-state index contributed by atoms with van der Waals surface area (Å²) < 4.78 is 0. The maximum atomic E-state index is 3.78. The van der Waals surface area contributed by atoms with Crippen LogP contribution < -0.4 is 5.32 Å². The van der Waals surface area contributed by atoms with Crippen LogP contribution in [-0.4, -0.2) is 6.54 Å². The zero-order chi connectivity index (χ0) is 14.5. The van der Waals surface area contributed by atoms with E-state index in [-0.39, 0.29) is 0 Å². The molecule has 1 nitrogen and oxygen atoms in total. The summed E-state index contributed by atoms with van der Waals surface area (Å²) in [6.45, 7) is 14.9. The molecule has 1 atom stereocenters. The quantitative estimate of drug-likeness (QED) is 0.743. The summed E-state index contributed by atoms with van der Waals surface area (Å²) >= 11 is 0. The predicted molar refractivity (Wildman–Crippen MR) is 85.3 cm³/mol. The maximum absolute atomic E-state index is 3.78. The summed E-state index contributed by atoms with van der Waals surface area (Å²) in [5.41, 5.74) is 2.11. The topological polar surface area (TPSA) is 12.0 Å². The minimum Gasteiger partial charge on any atom is -0.309 e. The van der Waals surface area contributed by atoms with Crippen LogP contribution >= 0.6 is 0 Å². The number of hydrogen-bond acceptors (Lipinski definition) is 1. The highest BCUT2D eigenvalue weighted by atomic mass is 14.9. The number of rotatable bonds is 6. The molecule has 0 aromatic heterocycles. The molecule has 0 bridgehead atoms. The van der Waals surface area contributed by atoms with Gasteiger partial charge < -0.3 is 5.32 Å². The monoisotopic (exact) mass is 261 g/mol. The lowest BCUT2D eigenvalue weighted by Crippen LogP contribution is -2.33. The Morgan fingerprint density at radius 1 is 1.00 bits per heavy atom. The van der Waals surface area contributed by atoms with Crippen LogP contribution in [0.4, 0.5) is 0 Å². The van der Waals surface area contributed by atoms with Crippen molar-refractivity contribution in [1.82, 2.24) is 5.32 Å². The molecule has 1 rings (SSSR count). The lowest BCUT2D eigenvalue weighted by molar-refractivity contribution is 0.264. The van der Waals surface area contributed by atoms with Crippen molar-refractivity contribution in [3.63, 3.8) is 0 Å². The van der Waals surface area contributed by atoms with E-state index >= 15 is 0 Å². The van der Waals surface area contributed by atoms with E-state index in [4.69, 9.17) is 0 Å². The Kier molecular flexibility index (Phi) is 5.61. The summed E-state index contributed by atoms with van der Waals surface area (Å²) in [7, 11) is 0.